The van der Waals surface area contributed by atoms with Crippen molar-refractivity contribution >= 4 is 11.6 Å². The molecule has 0 bridgehead atoms. The van der Waals surface area contributed by atoms with Crippen LogP contribution < -0.4 is 10.1 Å². The van der Waals surface area contributed by atoms with Crippen LogP contribution in [-0.4, -0.2) is 29.7 Å². The van der Waals surface area contributed by atoms with E-state index in [-0.39, 0.29) is 5.91 Å². The smallest absolute Gasteiger partial charge is 0.256 e. The molecule has 25 heavy (non-hydrogen) atoms. The molecule has 1 aliphatic carbocycles. The molecule has 1 aromatic rings. The summed E-state index contributed by atoms with van der Waals surface area (Å²) in [6.45, 7) is 9.42. The highest BCUT2D eigenvalue weighted by atomic mass is 16.5. The maximum absolute atomic E-state index is 12.9. The number of carbonyl (C=O) groups is 1. The third-order valence-electron chi connectivity index (χ3n) is 4.81. The van der Waals surface area contributed by atoms with Gasteiger partial charge in [-0.05, 0) is 51.5 Å². The minimum atomic E-state index is -0.712. The summed E-state index contributed by atoms with van der Waals surface area (Å²) in [6.07, 6.45) is 7.50. The third kappa shape index (κ3) is 5.18. The van der Waals surface area contributed by atoms with Gasteiger partial charge in [0.25, 0.3) is 5.91 Å². The fraction of sp³-hybridized carbons (Fsp3) is 0.700. The van der Waals surface area contributed by atoms with Crippen molar-refractivity contribution < 1.29 is 14.3 Å². The van der Waals surface area contributed by atoms with Gasteiger partial charge in [0.1, 0.15) is 5.60 Å². The van der Waals surface area contributed by atoms with Crippen LogP contribution >= 0.6 is 0 Å². The van der Waals surface area contributed by atoms with Crippen molar-refractivity contribution in [2.24, 2.45) is 5.92 Å². The molecule has 1 aliphatic rings. The minimum absolute atomic E-state index is 0.0539. The molecule has 2 rings (SSSR count). The Balaban J connectivity index is 2.06. The lowest BCUT2D eigenvalue weighted by Gasteiger charge is -2.38. The van der Waals surface area contributed by atoms with Crippen LogP contribution in [0.2, 0.25) is 0 Å². The normalized spacial score (nSPS) is 23.3. The second kappa shape index (κ2) is 9.18. The summed E-state index contributed by atoms with van der Waals surface area (Å²) in [4.78, 5) is 17.3. The van der Waals surface area contributed by atoms with Crippen LogP contribution in [0.25, 0.3) is 0 Å². The van der Waals surface area contributed by atoms with Crippen LogP contribution in [-0.2, 0) is 9.53 Å². The summed E-state index contributed by atoms with van der Waals surface area (Å²) in [7, 11) is 0. The van der Waals surface area contributed by atoms with Crippen LogP contribution in [0.4, 0.5) is 5.69 Å². The first-order valence-electron chi connectivity index (χ1n) is 9.55. The molecule has 0 radical (unpaired) electrons. The van der Waals surface area contributed by atoms with E-state index < -0.39 is 5.60 Å². The molecule has 0 saturated heterocycles. The largest absolute Gasteiger partial charge is 0.477 e. The van der Waals surface area contributed by atoms with Crippen molar-refractivity contribution in [3.05, 3.63) is 17.8 Å². The number of aryl methyl sites for hydroxylation is 1. The maximum Gasteiger partial charge on any atom is 0.256 e. The van der Waals surface area contributed by atoms with Gasteiger partial charge in [0.05, 0.1) is 18.5 Å². The Bertz CT molecular complexity index is 572. The van der Waals surface area contributed by atoms with Gasteiger partial charge >= 0.3 is 0 Å². The quantitative estimate of drug-likeness (QED) is 0.703. The number of amides is 1. The number of nitrogens with one attached hydrogen (secondary N) is 1. The van der Waals surface area contributed by atoms with Crippen LogP contribution in [0.3, 0.4) is 0 Å². The lowest BCUT2D eigenvalue weighted by atomic mass is 9.78. The summed E-state index contributed by atoms with van der Waals surface area (Å²) in [5.74, 6) is 1.08. The first kappa shape index (κ1) is 19.7. The zero-order valence-corrected chi connectivity index (χ0v) is 16.1. The van der Waals surface area contributed by atoms with Gasteiger partial charge in [0.15, 0.2) is 0 Å². The van der Waals surface area contributed by atoms with E-state index in [9.17, 15) is 4.79 Å². The van der Waals surface area contributed by atoms with Crippen LogP contribution in [0.15, 0.2) is 12.3 Å². The third-order valence-corrected chi connectivity index (χ3v) is 4.81. The molecule has 5 nitrogen and oxygen atoms in total. The molecule has 1 aromatic heterocycles. The summed E-state index contributed by atoms with van der Waals surface area (Å²) < 4.78 is 11.6. The maximum atomic E-state index is 12.9. The molecule has 1 heterocycles. The molecule has 1 saturated carbocycles. The first-order valence-corrected chi connectivity index (χ1v) is 9.55. The van der Waals surface area contributed by atoms with Gasteiger partial charge in [-0.15, -0.1) is 0 Å². The minimum Gasteiger partial charge on any atom is -0.477 e. The van der Waals surface area contributed by atoms with Crippen LogP contribution in [0, 0.1) is 12.8 Å². The fourth-order valence-electron chi connectivity index (χ4n) is 3.52. The van der Waals surface area contributed by atoms with Crippen molar-refractivity contribution in [1.82, 2.24) is 4.98 Å². The molecule has 0 aliphatic heterocycles. The van der Waals surface area contributed by atoms with Crippen LogP contribution in [0.5, 0.6) is 5.88 Å². The number of carbonyl (C=O) groups excluding carboxylic acids is 1. The summed E-state index contributed by atoms with van der Waals surface area (Å²) in [5, 5.41) is 3.01. The SMILES string of the molecule is CCCCOc1ncc(NC(=O)[C@@]2(OCC)CCC[C@H](C)C2)cc1C. The predicted molar refractivity (Wildman–Crippen MR) is 100.0 cm³/mol. The number of hydrogen-bond acceptors (Lipinski definition) is 4. The topological polar surface area (TPSA) is 60.5 Å². The highest BCUT2D eigenvalue weighted by Gasteiger charge is 2.42. The van der Waals surface area contributed by atoms with E-state index in [0.717, 1.165) is 44.1 Å². The van der Waals surface area contributed by atoms with Crippen molar-refractivity contribution in [2.75, 3.05) is 18.5 Å². The molecule has 140 valence electrons. The summed E-state index contributed by atoms with van der Waals surface area (Å²) >= 11 is 0. The van der Waals surface area contributed by atoms with Gasteiger partial charge in [0.2, 0.25) is 5.88 Å². The Labute approximate surface area is 151 Å². The van der Waals surface area contributed by atoms with Gasteiger partial charge in [-0.3, -0.25) is 4.79 Å². The standard InChI is InChI=1S/C20H32N2O3/c1-5-7-11-24-18-16(4)12-17(14-21-18)22-19(23)20(25-6-2)10-8-9-15(3)13-20/h12,14-15H,5-11,13H2,1-4H3,(H,22,23)/t15-,20+/m0/s1. The Morgan fingerprint density at radius 3 is 2.88 bits per heavy atom. The first-order chi connectivity index (χ1) is 12.0. The van der Waals surface area contributed by atoms with E-state index in [1.807, 2.05) is 19.9 Å². The zero-order chi connectivity index (χ0) is 18.3. The lowest BCUT2D eigenvalue weighted by molar-refractivity contribution is -0.147. The molecule has 0 aromatic carbocycles. The van der Waals surface area contributed by atoms with E-state index in [1.165, 1.54) is 0 Å². The second-order valence-electron chi connectivity index (χ2n) is 7.13. The van der Waals surface area contributed by atoms with Crippen molar-refractivity contribution in [3.8, 4) is 5.88 Å². The number of rotatable bonds is 8. The Hall–Kier alpha value is -1.62. The molecule has 1 N–H and O–H groups in total. The van der Waals surface area contributed by atoms with E-state index in [0.29, 0.717) is 30.7 Å². The molecular weight excluding hydrogens is 316 g/mol. The summed E-state index contributed by atoms with van der Waals surface area (Å²) in [5.41, 5.74) is 0.912. The predicted octanol–water partition coefficient (Wildman–Crippen LogP) is 4.49. The number of unbranched alkanes of at least 4 members (excludes halogenated alkanes) is 1. The van der Waals surface area contributed by atoms with Crippen molar-refractivity contribution in [3.63, 3.8) is 0 Å². The number of nitrogens with zero attached hydrogens (tertiary/aromatic N) is 1. The number of ether oxygens (including phenoxy) is 2. The van der Waals surface area contributed by atoms with Gasteiger partial charge in [-0.1, -0.05) is 26.7 Å². The number of anilines is 1. The summed E-state index contributed by atoms with van der Waals surface area (Å²) in [6, 6.07) is 1.91. The molecule has 0 spiro atoms. The molecule has 2 atom stereocenters. The number of aromatic nitrogens is 1. The average molecular weight is 348 g/mol. The highest BCUT2D eigenvalue weighted by molar-refractivity contribution is 5.97. The van der Waals surface area contributed by atoms with Crippen molar-refractivity contribution in [1.29, 1.82) is 0 Å². The van der Waals surface area contributed by atoms with E-state index >= 15 is 0 Å². The molecule has 1 fully saturated rings. The highest BCUT2D eigenvalue weighted by Crippen LogP contribution is 2.36. The Kier molecular flexibility index (Phi) is 7.24. The zero-order valence-electron chi connectivity index (χ0n) is 16.1. The molecule has 1 amide bonds. The number of hydrogen-bond donors (Lipinski definition) is 1. The van der Waals surface area contributed by atoms with E-state index in [2.05, 4.69) is 24.1 Å². The lowest BCUT2D eigenvalue weighted by Crippen LogP contribution is -2.48. The van der Waals surface area contributed by atoms with Gasteiger partial charge in [-0.2, -0.15) is 0 Å². The Morgan fingerprint density at radius 1 is 1.44 bits per heavy atom. The molecule has 5 heteroatoms. The van der Waals surface area contributed by atoms with Crippen molar-refractivity contribution in [2.45, 2.75) is 71.8 Å². The average Bonchev–Trinajstić information content (AvgIpc) is 2.57. The second-order valence-corrected chi connectivity index (χ2v) is 7.13. The van der Waals surface area contributed by atoms with E-state index in [1.54, 1.807) is 6.20 Å². The molecule has 0 unspecified atom stereocenters. The van der Waals surface area contributed by atoms with Gasteiger partial charge in [-0.25, -0.2) is 4.98 Å². The Morgan fingerprint density at radius 2 is 2.24 bits per heavy atom. The van der Waals surface area contributed by atoms with Crippen LogP contribution in [0.1, 0.15) is 64.9 Å². The monoisotopic (exact) mass is 348 g/mol. The van der Waals surface area contributed by atoms with Gasteiger partial charge < -0.3 is 14.8 Å². The number of pyridine rings is 1. The molecular formula is C20H32N2O3. The fourth-order valence-corrected chi connectivity index (χ4v) is 3.52. The van der Waals surface area contributed by atoms with Gasteiger partial charge in [0, 0.05) is 12.2 Å². The van der Waals surface area contributed by atoms with E-state index in [4.69, 9.17) is 9.47 Å².